The first-order valence-corrected chi connectivity index (χ1v) is 22.1. The van der Waals surface area contributed by atoms with Crippen LogP contribution in [0.5, 0.6) is 11.5 Å². The van der Waals surface area contributed by atoms with Crippen LogP contribution in [0.4, 0.5) is 15.8 Å². The molecule has 1 aliphatic carbocycles. The molecule has 1 saturated heterocycles. The van der Waals surface area contributed by atoms with Gasteiger partial charge in [-0.15, -0.1) is 0 Å². The number of benzene rings is 3. The van der Waals surface area contributed by atoms with Crippen LogP contribution in [0.2, 0.25) is 5.02 Å². The van der Waals surface area contributed by atoms with Crippen molar-refractivity contribution in [2.24, 2.45) is 5.41 Å². The predicted octanol–water partition coefficient (Wildman–Crippen LogP) is 9.00. The zero-order valence-electron chi connectivity index (χ0n) is 34.6. The van der Waals surface area contributed by atoms with Crippen molar-refractivity contribution in [1.82, 2.24) is 19.6 Å². The normalized spacial score (nSPS) is 16.8. The lowest BCUT2D eigenvalue weighted by Gasteiger charge is -2.36. The Hall–Kier alpha value is -5.65. The molecule has 8 rings (SSSR count). The van der Waals surface area contributed by atoms with Gasteiger partial charge in [0.15, 0.2) is 0 Å². The molecule has 17 heteroatoms. The minimum atomic E-state index is -4.53. The largest absolute Gasteiger partial charge is 0.455 e. The lowest BCUT2D eigenvalue weighted by molar-refractivity contribution is -0.384. The highest BCUT2D eigenvalue weighted by molar-refractivity contribution is 7.90. The van der Waals surface area contributed by atoms with Gasteiger partial charge in [0, 0.05) is 54.9 Å². The van der Waals surface area contributed by atoms with Gasteiger partial charge < -0.3 is 24.5 Å². The van der Waals surface area contributed by atoms with Gasteiger partial charge in [-0.05, 0) is 96.3 Å². The van der Waals surface area contributed by atoms with E-state index >= 15 is 4.39 Å². The molecule has 1 amide bonds. The number of carbonyl (C=O) groups excluding carboxylic acids is 1. The molecule has 2 aliphatic heterocycles. The first kappa shape index (κ1) is 44.4. The van der Waals surface area contributed by atoms with E-state index in [0.29, 0.717) is 41.5 Å². The molecule has 4 heterocycles. The van der Waals surface area contributed by atoms with Gasteiger partial charge in [-0.25, -0.2) is 22.5 Å². The third kappa shape index (κ3) is 10.7. The molecule has 3 N–H and O–H groups in total. The van der Waals surface area contributed by atoms with E-state index in [1.165, 1.54) is 43.1 Å². The quantitative estimate of drug-likeness (QED) is 0.0852. The van der Waals surface area contributed by atoms with Crippen LogP contribution in [0, 0.1) is 21.3 Å². The van der Waals surface area contributed by atoms with Crippen LogP contribution >= 0.6 is 11.6 Å². The van der Waals surface area contributed by atoms with E-state index in [-0.39, 0.29) is 28.2 Å². The summed E-state index contributed by atoms with van der Waals surface area (Å²) in [5.74, 6) is -0.878. The number of rotatable bonds is 11. The average molecular weight is 887 g/mol. The Bertz CT molecular complexity index is 2650. The molecule has 0 radical (unpaired) electrons. The van der Waals surface area contributed by atoms with E-state index in [2.05, 4.69) is 40.1 Å². The van der Waals surface area contributed by atoms with E-state index in [1.807, 2.05) is 10.8 Å². The summed E-state index contributed by atoms with van der Waals surface area (Å²) in [5.41, 5.74) is 4.96. The number of aromatic amines is 1. The van der Waals surface area contributed by atoms with Crippen molar-refractivity contribution in [1.29, 1.82) is 0 Å². The monoisotopic (exact) mass is 886 g/mol. The number of hydrogen-bond donors (Lipinski definition) is 3. The number of H-pyrrole nitrogens is 1. The minimum absolute atomic E-state index is 0.0507. The van der Waals surface area contributed by atoms with E-state index in [0.717, 1.165) is 80.4 Å². The highest BCUT2D eigenvalue weighted by Gasteiger charge is 2.31. The molecule has 326 valence electrons. The molecule has 14 nitrogen and oxygen atoms in total. The lowest BCUT2D eigenvalue weighted by Crippen LogP contribution is -2.32. The van der Waals surface area contributed by atoms with Crippen LogP contribution in [0.15, 0.2) is 95.7 Å². The summed E-state index contributed by atoms with van der Waals surface area (Å²) in [6.45, 7) is 9.62. The average Bonchev–Trinajstić information content (AvgIpc) is 3.73. The zero-order chi connectivity index (χ0) is 44.0. The predicted molar refractivity (Wildman–Crippen MR) is 237 cm³/mol. The first-order valence-electron chi connectivity index (χ1n) is 20.2. The molecule has 62 heavy (non-hydrogen) atoms. The molecule has 5 aromatic rings. The molecule has 0 unspecified atom stereocenters. The van der Waals surface area contributed by atoms with Crippen LogP contribution in [0.3, 0.4) is 0 Å². The number of fused-ring (bicyclic) bond motifs is 1. The number of aromatic nitrogens is 2. The molecule has 0 atom stereocenters. The third-order valence-electron chi connectivity index (χ3n) is 11.1. The number of sulfonamides is 1. The van der Waals surface area contributed by atoms with Crippen LogP contribution in [0.1, 0.15) is 61.0 Å². The van der Waals surface area contributed by atoms with Crippen molar-refractivity contribution in [3.05, 3.63) is 128 Å². The fourth-order valence-corrected chi connectivity index (χ4v) is 8.87. The Labute approximate surface area is 364 Å². The van der Waals surface area contributed by atoms with E-state index in [4.69, 9.17) is 25.8 Å². The van der Waals surface area contributed by atoms with Crippen molar-refractivity contribution in [3.8, 4) is 11.5 Å². The number of ether oxygens (including phenoxy) is 3. The molecule has 1 fully saturated rings. The summed E-state index contributed by atoms with van der Waals surface area (Å²) >= 11 is 6.08. The molecule has 0 bridgehead atoms. The van der Waals surface area contributed by atoms with Gasteiger partial charge in [-0.3, -0.25) is 19.8 Å². The number of anilines is 1. The number of allylic oxidation sites excluding steroid dienone is 1. The maximum atomic E-state index is 15.2. The van der Waals surface area contributed by atoms with Crippen LogP contribution in [0.25, 0.3) is 22.2 Å². The van der Waals surface area contributed by atoms with Gasteiger partial charge in [0.25, 0.3) is 21.6 Å². The van der Waals surface area contributed by atoms with Crippen LogP contribution in [-0.2, 0) is 19.5 Å². The molecule has 3 aromatic carbocycles. The third-order valence-corrected chi connectivity index (χ3v) is 12.6. The van der Waals surface area contributed by atoms with Crippen molar-refractivity contribution in [2.75, 3.05) is 58.4 Å². The number of halogens is 2. The van der Waals surface area contributed by atoms with E-state index in [1.54, 1.807) is 36.5 Å². The van der Waals surface area contributed by atoms with Crippen molar-refractivity contribution in [2.45, 2.75) is 44.4 Å². The smallest absolute Gasteiger partial charge is 0.293 e. The second-order valence-electron chi connectivity index (χ2n) is 16.0. The van der Waals surface area contributed by atoms with Crippen molar-refractivity contribution in [3.63, 3.8) is 0 Å². The molecular formula is C45H48ClFN6O8S. The molecular weight excluding hydrogens is 839 g/mol. The van der Waals surface area contributed by atoms with Crippen LogP contribution in [-0.4, -0.2) is 87.2 Å². The minimum Gasteiger partial charge on any atom is -0.455 e. The van der Waals surface area contributed by atoms with Gasteiger partial charge >= 0.3 is 0 Å². The number of carbonyl (C=O) groups is 1. The number of nitrogens with zero attached hydrogens (tertiary/aromatic N) is 3. The topological polar surface area (TPSA) is 178 Å². The Morgan fingerprint density at radius 3 is 2.50 bits per heavy atom. The Morgan fingerprint density at radius 2 is 1.82 bits per heavy atom. The lowest BCUT2D eigenvalue weighted by atomic mass is 9.72. The fraction of sp³-hybridized carbons (Fsp3) is 0.333. The van der Waals surface area contributed by atoms with E-state index < -0.39 is 31.4 Å². The Morgan fingerprint density at radius 1 is 1.05 bits per heavy atom. The van der Waals surface area contributed by atoms with Gasteiger partial charge in [-0.2, -0.15) is 0 Å². The van der Waals surface area contributed by atoms with Crippen molar-refractivity contribution >= 4 is 61.1 Å². The summed E-state index contributed by atoms with van der Waals surface area (Å²) in [6.07, 6.45) is 8.69. The van der Waals surface area contributed by atoms with Gasteiger partial charge in [0.1, 0.15) is 28.7 Å². The van der Waals surface area contributed by atoms with E-state index in [9.17, 15) is 23.3 Å². The SMILES string of the molecule is C1COCCO1.CNc1ccc(S(=O)(=O)NC(=O)c2ccc(C3=CCN(CC4=C(c5ccc(Cl)cc5F)CC(C)(C)CC4)CC3)cc2Oc2cnc3[nH]ccc3c2)cc1[N+](=O)[O-]. The number of nitro groups is 1. The summed E-state index contributed by atoms with van der Waals surface area (Å²) in [5, 5.41) is 15.4. The molecule has 2 aromatic heterocycles. The highest BCUT2D eigenvalue weighted by atomic mass is 35.5. The fourth-order valence-electron chi connectivity index (χ4n) is 7.73. The standard InChI is InChI=1S/C41H40ClFN6O6S.C4H8O2/c1-41(2)14-10-28(34(22-41)32-8-5-29(42)20-35(32)43)24-48-16-12-25(13-17-48)26-4-7-33(38(19-26)55-30-18-27-11-15-45-39(27)46-23-30)40(50)47-56(53,54)31-6-9-36(44-3)37(21-31)49(51)52;1-2-6-4-3-5-1/h4-9,11-12,15,18-21,23,44H,10,13-14,16-17,22,24H2,1-3H3,(H,45,46)(H,47,50);1-4H2. The van der Waals surface area contributed by atoms with Crippen molar-refractivity contribution < 1.29 is 36.7 Å². The second-order valence-corrected chi connectivity index (χ2v) is 18.1. The summed E-state index contributed by atoms with van der Waals surface area (Å²) in [7, 11) is -3.06. The molecule has 3 aliphatic rings. The number of nitrogens with one attached hydrogen (secondary N) is 3. The summed E-state index contributed by atoms with van der Waals surface area (Å²) in [4.78, 5) is 33.9. The maximum absolute atomic E-state index is 15.2. The zero-order valence-corrected chi connectivity index (χ0v) is 36.2. The van der Waals surface area contributed by atoms with Crippen LogP contribution < -0.4 is 14.8 Å². The number of hydrogen-bond acceptors (Lipinski definition) is 11. The van der Waals surface area contributed by atoms with Gasteiger partial charge in [-0.1, -0.05) is 49.2 Å². The van der Waals surface area contributed by atoms with Gasteiger partial charge in [0.2, 0.25) is 0 Å². The number of pyridine rings is 1. The summed E-state index contributed by atoms with van der Waals surface area (Å²) < 4.78 is 60.1. The number of amides is 1. The first-order chi connectivity index (χ1) is 29.7. The number of nitro benzene ring substituents is 1. The Balaban J connectivity index is 0.000000887. The van der Waals surface area contributed by atoms with Gasteiger partial charge in [0.05, 0.1) is 48.0 Å². The summed E-state index contributed by atoms with van der Waals surface area (Å²) in [6, 6.07) is 16.7. The Kier molecular flexibility index (Phi) is 13.7. The highest BCUT2D eigenvalue weighted by Crippen LogP contribution is 2.44. The second kappa shape index (κ2) is 19.2. The molecule has 0 spiro atoms. The molecule has 0 saturated carbocycles. The maximum Gasteiger partial charge on any atom is 0.293 e.